The number of aromatic nitrogens is 3. The van der Waals surface area contributed by atoms with Gasteiger partial charge in [-0.25, -0.2) is 9.97 Å². The number of anilines is 2. The first kappa shape index (κ1) is 30.5. The number of aliphatic hydroxyl groups is 1. The number of hydrogen-bond donors (Lipinski definition) is 4. The molecule has 0 spiro atoms. The second-order valence-corrected chi connectivity index (χ2v) is 12.3. The maximum atomic E-state index is 10.9. The van der Waals surface area contributed by atoms with Crippen molar-refractivity contribution in [3.63, 3.8) is 0 Å². The SMILES string of the molecule is COc1cc(OC)cc(-c2cc3cnc(NC4CCCCC(c5ccccc5)CC4)nc3nc2NC(O)NC(C)(C)C)c1. The van der Waals surface area contributed by atoms with Crippen LogP contribution in [0.5, 0.6) is 11.5 Å². The highest BCUT2D eigenvalue weighted by Crippen LogP contribution is 2.36. The van der Waals surface area contributed by atoms with Gasteiger partial charge in [0.15, 0.2) is 12.0 Å². The Morgan fingerprint density at radius 2 is 1.60 bits per heavy atom. The van der Waals surface area contributed by atoms with E-state index >= 15 is 0 Å². The number of pyridine rings is 1. The maximum Gasteiger partial charge on any atom is 0.224 e. The number of methoxy groups -OCH3 is 2. The van der Waals surface area contributed by atoms with E-state index in [1.807, 2.05) is 51.2 Å². The van der Waals surface area contributed by atoms with Crippen LogP contribution in [0.25, 0.3) is 22.2 Å². The van der Waals surface area contributed by atoms with Crippen LogP contribution in [0.1, 0.15) is 70.8 Å². The van der Waals surface area contributed by atoms with Crippen LogP contribution in [0.3, 0.4) is 0 Å². The summed E-state index contributed by atoms with van der Waals surface area (Å²) >= 11 is 0. The molecule has 2 aromatic carbocycles. The van der Waals surface area contributed by atoms with Gasteiger partial charge in [0.2, 0.25) is 5.95 Å². The molecule has 1 fully saturated rings. The van der Waals surface area contributed by atoms with Crippen LogP contribution in [-0.2, 0) is 0 Å². The van der Waals surface area contributed by atoms with Crippen molar-refractivity contribution in [2.75, 3.05) is 24.9 Å². The molecule has 3 unspecified atom stereocenters. The molecule has 0 amide bonds. The zero-order valence-corrected chi connectivity index (χ0v) is 25.9. The van der Waals surface area contributed by atoms with Crippen LogP contribution in [0, 0.1) is 0 Å². The van der Waals surface area contributed by atoms with E-state index in [1.54, 1.807) is 14.2 Å². The van der Waals surface area contributed by atoms with Crippen molar-refractivity contribution in [3.05, 3.63) is 66.4 Å². The normalized spacial score (nSPS) is 18.4. The second kappa shape index (κ2) is 13.6. The topological polar surface area (TPSA) is 113 Å². The van der Waals surface area contributed by atoms with Crippen molar-refractivity contribution in [2.24, 2.45) is 0 Å². The van der Waals surface area contributed by atoms with Gasteiger partial charge in [-0.05, 0) is 81.7 Å². The fourth-order valence-electron chi connectivity index (χ4n) is 5.76. The fraction of sp³-hybridized carbons (Fsp3) is 0.441. The molecule has 43 heavy (non-hydrogen) atoms. The number of hydrogen-bond acceptors (Lipinski definition) is 9. The largest absolute Gasteiger partial charge is 0.497 e. The van der Waals surface area contributed by atoms with Gasteiger partial charge in [0.25, 0.3) is 0 Å². The Morgan fingerprint density at radius 3 is 2.30 bits per heavy atom. The second-order valence-electron chi connectivity index (χ2n) is 12.3. The summed E-state index contributed by atoms with van der Waals surface area (Å²) < 4.78 is 11.0. The van der Waals surface area contributed by atoms with Crippen LogP contribution >= 0.6 is 0 Å². The Kier molecular flexibility index (Phi) is 9.62. The Labute approximate surface area is 254 Å². The average Bonchev–Trinajstić information content (AvgIpc) is 2.97. The number of aliphatic hydroxyl groups excluding tert-OH is 1. The van der Waals surface area contributed by atoms with Gasteiger partial charge >= 0.3 is 0 Å². The molecule has 1 aliphatic rings. The lowest BCUT2D eigenvalue weighted by molar-refractivity contribution is 0.131. The number of ether oxygens (including phenoxy) is 2. The monoisotopic (exact) mass is 584 g/mol. The molecule has 3 atom stereocenters. The molecule has 1 aliphatic carbocycles. The Bertz CT molecular complexity index is 1490. The molecule has 9 heteroatoms. The summed E-state index contributed by atoms with van der Waals surface area (Å²) in [4.78, 5) is 14.4. The first-order valence-electron chi connectivity index (χ1n) is 15.2. The molecule has 0 saturated heterocycles. The maximum absolute atomic E-state index is 10.9. The summed E-state index contributed by atoms with van der Waals surface area (Å²) in [6.07, 6.45) is 7.67. The molecule has 9 nitrogen and oxygen atoms in total. The van der Waals surface area contributed by atoms with Crippen molar-refractivity contribution in [2.45, 2.75) is 83.1 Å². The summed E-state index contributed by atoms with van der Waals surface area (Å²) in [5.74, 6) is 2.93. The predicted octanol–water partition coefficient (Wildman–Crippen LogP) is 6.70. The predicted molar refractivity (Wildman–Crippen MR) is 173 cm³/mol. The molecule has 0 aliphatic heterocycles. The van der Waals surface area contributed by atoms with Gasteiger partial charge in [0.1, 0.15) is 17.3 Å². The first-order valence-corrected chi connectivity index (χ1v) is 15.2. The number of nitrogens with one attached hydrogen (secondary N) is 3. The standard InChI is InChI=1S/C34H44N6O3/c1-34(2,3)40-33(41)39-31-29(24-17-27(42-4)20-28(18-24)43-5)19-25-21-35-32(38-30(25)37-31)36-26-14-10-9-13-23(15-16-26)22-11-7-6-8-12-22/h6-8,11-12,17-21,23,26,33,40-41H,9-10,13-16H2,1-5H3,(H2,35,36,37,38,39). The lowest BCUT2D eigenvalue weighted by atomic mass is 9.84. The highest BCUT2D eigenvalue weighted by molar-refractivity contribution is 5.88. The molecule has 2 heterocycles. The van der Waals surface area contributed by atoms with Gasteiger partial charge in [0, 0.05) is 34.8 Å². The summed E-state index contributed by atoms with van der Waals surface area (Å²) in [5.41, 5.74) is 3.23. The molecular formula is C34H44N6O3. The van der Waals surface area contributed by atoms with E-state index < -0.39 is 6.35 Å². The number of fused-ring (bicyclic) bond motifs is 1. The smallest absolute Gasteiger partial charge is 0.224 e. The third-order valence-corrected chi connectivity index (χ3v) is 7.90. The quantitative estimate of drug-likeness (QED) is 0.160. The van der Waals surface area contributed by atoms with E-state index in [0.29, 0.717) is 40.9 Å². The molecule has 4 N–H and O–H groups in total. The van der Waals surface area contributed by atoms with Gasteiger partial charge in [-0.2, -0.15) is 4.98 Å². The minimum atomic E-state index is -1.04. The zero-order chi connectivity index (χ0) is 30.4. The van der Waals surface area contributed by atoms with Gasteiger partial charge in [-0.3, -0.25) is 5.32 Å². The van der Waals surface area contributed by atoms with E-state index in [4.69, 9.17) is 19.4 Å². The van der Waals surface area contributed by atoms with Crippen molar-refractivity contribution in [1.29, 1.82) is 0 Å². The number of benzene rings is 2. The van der Waals surface area contributed by atoms with Gasteiger partial charge in [-0.15, -0.1) is 0 Å². The van der Waals surface area contributed by atoms with Crippen LogP contribution < -0.4 is 25.4 Å². The average molecular weight is 585 g/mol. The van der Waals surface area contributed by atoms with Crippen LogP contribution in [-0.4, -0.2) is 52.2 Å². The summed E-state index contributed by atoms with van der Waals surface area (Å²) in [6, 6.07) is 18.8. The van der Waals surface area contributed by atoms with Crippen LogP contribution in [0.15, 0.2) is 60.8 Å². The zero-order valence-electron chi connectivity index (χ0n) is 25.9. The van der Waals surface area contributed by atoms with Gasteiger partial charge in [-0.1, -0.05) is 43.2 Å². The molecule has 4 aromatic rings. The summed E-state index contributed by atoms with van der Waals surface area (Å²) in [6.45, 7) is 5.97. The summed E-state index contributed by atoms with van der Waals surface area (Å²) in [5, 5.41) is 21.5. The van der Waals surface area contributed by atoms with E-state index in [1.165, 1.54) is 24.8 Å². The highest BCUT2D eigenvalue weighted by atomic mass is 16.5. The first-order chi connectivity index (χ1) is 20.7. The van der Waals surface area contributed by atoms with E-state index in [9.17, 15) is 5.11 Å². The minimum absolute atomic E-state index is 0.294. The molecule has 5 rings (SSSR count). The Balaban J connectivity index is 1.43. The lowest BCUT2D eigenvalue weighted by Gasteiger charge is -2.27. The highest BCUT2D eigenvalue weighted by Gasteiger charge is 2.21. The third kappa shape index (κ3) is 8.12. The molecule has 1 saturated carbocycles. The van der Waals surface area contributed by atoms with Crippen molar-refractivity contribution >= 4 is 22.8 Å². The molecule has 228 valence electrons. The van der Waals surface area contributed by atoms with Crippen LogP contribution in [0.2, 0.25) is 0 Å². The van der Waals surface area contributed by atoms with Gasteiger partial charge < -0.3 is 25.2 Å². The number of nitrogens with zero attached hydrogens (tertiary/aromatic N) is 3. The molecular weight excluding hydrogens is 540 g/mol. The molecule has 2 aromatic heterocycles. The lowest BCUT2D eigenvalue weighted by Crippen LogP contribution is -2.47. The number of rotatable bonds is 9. The summed E-state index contributed by atoms with van der Waals surface area (Å²) in [7, 11) is 3.24. The third-order valence-electron chi connectivity index (χ3n) is 7.90. The molecule has 0 bridgehead atoms. The fourth-order valence-corrected chi connectivity index (χ4v) is 5.76. The Hall–Kier alpha value is -3.95. The Morgan fingerprint density at radius 1 is 0.884 bits per heavy atom. The van der Waals surface area contributed by atoms with Crippen LogP contribution in [0.4, 0.5) is 11.8 Å². The van der Waals surface area contributed by atoms with E-state index in [2.05, 4.69) is 51.3 Å². The van der Waals surface area contributed by atoms with Crippen molar-refractivity contribution in [1.82, 2.24) is 20.3 Å². The minimum Gasteiger partial charge on any atom is -0.497 e. The van der Waals surface area contributed by atoms with Gasteiger partial charge in [0.05, 0.1) is 14.2 Å². The van der Waals surface area contributed by atoms with E-state index in [-0.39, 0.29) is 5.54 Å². The van der Waals surface area contributed by atoms with Crippen molar-refractivity contribution in [3.8, 4) is 22.6 Å². The van der Waals surface area contributed by atoms with Crippen molar-refractivity contribution < 1.29 is 14.6 Å². The van der Waals surface area contributed by atoms with E-state index in [0.717, 1.165) is 35.8 Å². The molecule has 0 radical (unpaired) electrons.